The first-order chi connectivity index (χ1) is 21.6. The third-order valence-corrected chi connectivity index (χ3v) is 9.38. The van der Waals surface area contributed by atoms with Crippen LogP contribution in [-0.4, -0.2) is 51.4 Å². The van der Waals surface area contributed by atoms with Crippen LogP contribution in [0, 0.1) is 5.92 Å². The summed E-state index contributed by atoms with van der Waals surface area (Å²) in [5.74, 6) is -0.214. The van der Waals surface area contributed by atoms with Gasteiger partial charge < -0.3 is 15.0 Å². The first kappa shape index (κ1) is 33.6. The molecule has 0 heterocycles. The molecule has 0 saturated carbocycles. The molecule has 236 valence electrons. The zero-order valence-electron chi connectivity index (χ0n) is 25.6. The monoisotopic (exact) mass is 647 g/mol. The highest BCUT2D eigenvalue weighted by atomic mass is 35.5. The van der Waals surface area contributed by atoms with Gasteiger partial charge in [0.25, 0.3) is 10.0 Å². The number of benzene rings is 4. The van der Waals surface area contributed by atoms with Crippen molar-refractivity contribution < 1.29 is 22.7 Å². The number of hydrogen-bond acceptors (Lipinski definition) is 5. The lowest BCUT2D eigenvalue weighted by Gasteiger charge is -2.34. The zero-order chi connectivity index (χ0) is 32.4. The molecule has 0 aliphatic heterocycles. The van der Waals surface area contributed by atoms with Gasteiger partial charge in [0.1, 0.15) is 18.3 Å². The Bertz CT molecular complexity index is 1670. The molecule has 0 saturated heterocycles. The van der Waals surface area contributed by atoms with Crippen LogP contribution >= 0.6 is 11.6 Å². The van der Waals surface area contributed by atoms with E-state index in [9.17, 15) is 18.0 Å². The molecule has 0 unspecified atom stereocenters. The number of para-hydroxylation sites is 1. The average molecular weight is 648 g/mol. The third kappa shape index (κ3) is 8.86. The number of carbonyl (C=O) groups is 2. The Kier molecular flexibility index (Phi) is 11.6. The Balaban J connectivity index is 1.78. The van der Waals surface area contributed by atoms with Crippen LogP contribution in [0.3, 0.4) is 0 Å². The fourth-order valence-corrected chi connectivity index (χ4v) is 6.39. The van der Waals surface area contributed by atoms with Crippen molar-refractivity contribution in [2.75, 3.05) is 24.5 Å². The highest BCUT2D eigenvalue weighted by Gasteiger charge is 2.35. The number of carbonyl (C=O) groups excluding carboxylic acids is 2. The van der Waals surface area contributed by atoms with Gasteiger partial charge >= 0.3 is 0 Å². The number of halogens is 1. The molecule has 1 atom stereocenters. The second-order valence-electron chi connectivity index (χ2n) is 11.0. The normalized spacial score (nSPS) is 11.9. The predicted octanol–water partition coefficient (Wildman–Crippen LogP) is 5.96. The van der Waals surface area contributed by atoms with E-state index in [1.165, 1.54) is 24.1 Å². The lowest BCUT2D eigenvalue weighted by atomic mass is 10.0. The number of sulfonamides is 1. The van der Waals surface area contributed by atoms with Crippen molar-refractivity contribution in [2.45, 2.75) is 37.8 Å². The van der Waals surface area contributed by atoms with Crippen molar-refractivity contribution >= 4 is 39.1 Å². The van der Waals surface area contributed by atoms with Gasteiger partial charge in [0.2, 0.25) is 11.8 Å². The van der Waals surface area contributed by atoms with E-state index in [1.54, 1.807) is 66.7 Å². The summed E-state index contributed by atoms with van der Waals surface area (Å²) in [6.45, 7) is 3.84. The number of nitrogens with one attached hydrogen (secondary N) is 1. The summed E-state index contributed by atoms with van der Waals surface area (Å²) in [6.07, 6.45) is 0.220. The smallest absolute Gasteiger partial charge is 0.264 e. The first-order valence-corrected chi connectivity index (χ1v) is 16.5. The SMILES string of the molecule is COc1ccc(S(=O)(=O)N(CC(=O)N(Cc2ccccc2Cl)[C@H](Cc2ccccc2)C(=O)NCC(C)C)c2ccccc2)cc1. The summed E-state index contributed by atoms with van der Waals surface area (Å²) in [7, 11) is -2.72. The fourth-order valence-electron chi connectivity index (χ4n) is 4.78. The average Bonchev–Trinajstić information content (AvgIpc) is 3.05. The minimum atomic E-state index is -4.21. The van der Waals surface area contributed by atoms with Crippen LogP contribution in [0.5, 0.6) is 5.75 Å². The molecule has 8 nitrogen and oxygen atoms in total. The number of hydrogen-bond donors (Lipinski definition) is 1. The van der Waals surface area contributed by atoms with Gasteiger partial charge in [-0.25, -0.2) is 8.42 Å². The number of methoxy groups -OCH3 is 1. The standard InChI is InChI=1S/C35H38ClN3O5S/c1-26(2)23-37-35(41)33(22-27-12-6-4-7-13-27)38(24-28-14-10-11-17-32(28)36)34(40)25-39(29-15-8-5-9-16-29)45(42,43)31-20-18-30(44-3)19-21-31/h4-21,26,33H,22-25H2,1-3H3,(H,37,41)/t33-/m1/s1. The minimum Gasteiger partial charge on any atom is -0.497 e. The van der Waals surface area contributed by atoms with Gasteiger partial charge in [-0.1, -0.05) is 92.2 Å². The summed E-state index contributed by atoms with van der Waals surface area (Å²) >= 11 is 6.54. The molecule has 4 aromatic carbocycles. The lowest BCUT2D eigenvalue weighted by molar-refractivity contribution is -0.140. The minimum absolute atomic E-state index is 0.00365. The van der Waals surface area contributed by atoms with E-state index in [2.05, 4.69) is 5.32 Å². The van der Waals surface area contributed by atoms with Crippen molar-refractivity contribution in [1.29, 1.82) is 0 Å². The summed E-state index contributed by atoms with van der Waals surface area (Å²) in [5, 5.41) is 3.41. The van der Waals surface area contributed by atoms with E-state index in [0.717, 1.165) is 9.87 Å². The summed E-state index contributed by atoms with van der Waals surface area (Å²) in [6, 6.07) is 30.0. The Morgan fingerprint density at radius 3 is 2.04 bits per heavy atom. The molecule has 1 N–H and O–H groups in total. The predicted molar refractivity (Wildman–Crippen MR) is 178 cm³/mol. The number of rotatable bonds is 14. The van der Waals surface area contributed by atoms with Crippen LogP contribution in [0.25, 0.3) is 0 Å². The maximum absolute atomic E-state index is 14.5. The molecule has 0 aliphatic rings. The molecule has 0 bridgehead atoms. The Hall–Kier alpha value is -4.34. The van der Waals surface area contributed by atoms with E-state index in [1.807, 2.05) is 44.2 Å². The van der Waals surface area contributed by atoms with Gasteiger partial charge in [0, 0.05) is 24.5 Å². The summed E-state index contributed by atoms with van der Waals surface area (Å²) in [5.41, 5.74) is 1.79. The Labute approximate surface area is 270 Å². The van der Waals surface area contributed by atoms with Crippen LogP contribution in [0.4, 0.5) is 5.69 Å². The molecule has 4 aromatic rings. The summed E-state index contributed by atoms with van der Waals surface area (Å²) < 4.78 is 34.5. The van der Waals surface area contributed by atoms with Crippen molar-refractivity contribution in [1.82, 2.24) is 10.2 Å². The van der Waals surface area contributed by atoms with Crippen molar-refractivity contribution in [3.05, 3.63) is 125 Å². The van der Waals surface area contributed by atoms with E-state index in [-0.39, 0.29) is 29.7 Å². The lowest BCUT2D eigenvalue weighted by Crippen LogP contribution is -2.53. The van der Waals surface area contributed by atoms with E-state index in [4.69, 9.17) is 16.3 Å². The van der Waals surface area contributed by atoms with Crippen LogP contribution < -0.4 is 14.4 Å². The number of amides is 2. The van der Waals surface area contributed by atoms with Crippen LogP contribution in [-0.2, 0) is 32.6 Å². The zero-order valence-corrected chi connectivity index (χ0v) is 27.2. The van der Waals surface area contributed by atoms with E-state index >= 15 is 0 Å². The molecule has 0 spiro atoms. The molecule has 0 aliphatic carbocycles. The largest absolute Gasteiger partial charge is 0.497 e. The van der Waals surface area contributed by atoms with Crippen molar-refractivity contribution in [2.24, 2.45) is 5.92 Å². The maximum Gasteiger partial charge on any atom is 0.264 e. The molecule has 4 rings (SSSR count). The van der Waals surface area contributed by atoms with Crippen LogP contribution in [0.1, 0.15) is 25.0 Å². The van der Waals surface area contributed by atoms with Gasteiger partial charge in [-0.05, 0) is 59.5 Å². The van der Waals surface area contributed by atoms with E-state index < -0.39 is 28.5 Å². The second-order valence-corrected chi connectivity index (χ2v) is 13.2. The van der Waals surface area contributed by atoms with Gasteiger partial charge in [-0.2, -0.15) is 0 Å². The topological polar surface area (TPSA) is 96.0 Å². The Morgan fingerprint density at radius 2 is 1.44 bits per heavy atom. The van der Waals surface area contributed by atoms with Gasteiger partial charge in [0.15, 0.2) is 0 Å². The quantitative estimate of drug-likeness (QED) is 0.182. The van der Waals surface area contributed by atoms with Crippen LogP contribution in [0.2, 0.25) is 5.02 Å². The van der Waals surface area contributed by atoms with Crippen molar-refractivity contribution in [3.8, 4) is 5.75 Å². The molecular formula is C35H38ClN3O5S. The maximum atomic E-state index is 14.5. The molecule has 0 aromatic heterocycles. The molecule has 0 fully saturated rings. The molecule has 45 heavy (non-hydrogen) atoms. The van der Waals surface area contributed by atoms with Gasteiger partial charge in [-0.3, -0.25) is 13.9 Å². The van der Waals surface area contributed by atoms with Crippen LogP contribution in [0.15, 0.2) is 114 Å². The molecule has 10 heteroatoms. The van der Waals surface area contributed by atoms with E-state index in [0.29, 0.717) is 28.6 Å². The van der Waals surface area contributed by atoms with Gasteiger partial charge in [0.05, 0.1) is 17.7 Å². The number of anilines is 1. The second kappa shape index (κ2) is 15.6. The molecule has 0 radical (unpaired) electrons. The van der Waals surface area contributed by atoms with Crippen molar-refractivity contribution in [3.63, 3.8) is 0 Å². The molecule has 2 amide bonds. The highest BCUT2D eigenvalue weighted by molar-refractivity contribution is 7.92. The number of nitrogens with zero attached hydrogens (tertiary/aromatic N) is 2. The fraction of sp³-hybridized carbons (Fsp3) is 0.257. The Morgan fingerprint density at radius 1 is 0.844 bits per heavy atom. The summed E-state index contributed by atoms with van der Waals surface area (Å²) in [4.78, 5) is 29.7. The first-order valence-electron chi connectivity index (χ1n) is 14.7. The molecular weight excluding hydrogens is 610 g/mol. The number of ether oxygens (including phenoxy) is 1. The van der Waals surface area contributed by atoms with Gasteiger partial charge in [-0.15, -0.1) is 0 Å². The third-order valence-electron chi connectivity index (χ3n) is 7.22. The highest BCUT2D eigenvalue weighted by Crippen LogP contribution is 2.27.